The van der Waals surface area contributed by atoms with Gasteiger partial charge in [0.05, 0.1) is 29.5 Å². The summed E-state index contributed by atoms with van der Waals surface area (Å²) in [5.41, 5.74) is 6.41. The zero-order chi connectivity index (χ0) is 25.6. The molecule has 182 valence electrons. The van der Waals surface area contributed by atoms with E-state index in [9.17, 15) is 18.0 Å². The SMILES string of the molecule is COC(=O)c1ccc(/C=N\NC(=O)CN(c2cccc(C)c2C)S(=O)(=O)c2ccc(C)cc2)cc1. The number of amides is 1. The second-order valence-electron chi connectivity index (χ2n) is 7.95. The summed E-state index contributed by atoms with van der Waals surface area (Å²) in [4.78, 5) is 24.4. The van der Waals surface area contributed by atoms with E-state index >= 15 is 0 Å². The van der Waals surface area contributed by atoms with Crippen molar-refractivity contribution in [3.63, 3.8) is 0 Å². The highest BCUT2D eigenvalue weighted by atomic mass is 32.2. The summed E-state index contributed by atoms with van der Waals surface area (Å²) >= 11 is 0. The minimum absolute atomic E-state index is 0.0889. The van der Waals surface area contributed by atoms with E-state index in [1.807, 2.05) is 26.8 Å². The third-order valence-electron chi connectivity index (χ3n) is 5.48. The zero-order valence-corrected chi connectivity index (χ0v) is 20.8. The predicted octanol–water partition coefficient (Wildman–Crippen LogP) is 3.74. The number of carbonyl (C=O) groups is 2. The lowest BCUT2D eigenvalue weighted by molar-refractivity contribution is -0.119. The Hall–Kier alpha value is -3.98. The number of hydrazone groups is 1. The number of esters is 1. The van der Waals surface area contributed by atoms with Crippen molar-refractivity contribution in [3.8, 4) is 0 Å². The summed E-state index contributed by atoms with van der Waals surface area (Å²) in [7, 11) is -2.72. The van der Waals surface area contributed by atoms with Gasteiger partial charge in [-0.15, -0.1) is 0 Å². The topological polar surface area (TPSA) is 105 Å². The molecule has 0 saturated heterocycles. The van der Waals surface area contributed by atoms with E-state index in [0.717, 1.165) is 21.0 Å². The number of nitrogens with one attached hydrogen (secondary N) is 1. The lowest BCUT2D eigenvalue weighted by Gasteiger charge is -2.26. The van der Waals surface area contributed by atoms with Crippen LogP contribution in [0.3, 0.4) is 0 Å². The van der Waals surface area contributed by atoms with Gasteiger partial charge in [-0.2, -0.15) is 5.10 Å². The third kappa shape index (κ3) is 6.13. The van der Waals surface area contributed by atoms with Crippen LogP contribution in [0.15, 0.2) is 76.7 Å². The second kappa shape index (κ2) is 11.0. The number of rotatable bonds is 8. The number of ether oxygens (including phenoxy) is 1. The number of carbonyl (C=O) groups excluding carboxylic acids is 2. The highest BCUT2D eigenvalue weighted by Gasteiger charge is 2.28. The molecule has 3 aromatic carbocycles. The minimum Gasteiger partial charge on any atom is -0.465 e. The van der Waals surface area contributed by atoms with Gasteiger partial charge in [0, 0.05) is 0 Å². The van der Waals surface area contributed by atoms with E-state index in [2.05, 4.69) is 15.3 Å². The third-order valence-corrected chi connectivity index (χ3v) is 7.25. The van der Waals surface area contributed by atoms with Gasteiger partial charge in [0.25, 0.3) is 15.9 Å². The standard InChI is InChI=1S/C26H27N3O5S/c1-18-8-14-23(15-9-18)35(32,33)29(24-7-5-6-19(2)20(24)3)17-25(30)28-27-16-21-10-12-22(13-11-21)26(31)34-4/h5-16H,17H2,1-4H3,(H,28,30)/b27-16-. The number of hydrogen-bond acceptors (Lipinski definition) is 6. The van der Waals surface area contributed by atoms with Crippen LogP contribution < -0.4 is 9.73 Å². The Kier molecular flexibility index (Phi) is 8.03. The summed E-state index contributed by atoms with van der Waals surface area (Å²) < 4.78 is 32.8. The Balaban J connectivity index is 1.83. The summed E-state index contributed by atoms with van der Waals surface area (Å²) in [6.45, 7) is 5.11. The quantitative estimate of drug-likeness (QED) is 0.292. The van der Waals surface area contributed by atoms with Crippen molar-refractivity contribution in [2.24, 2.45) is 5.10 Å². The molecular formula is C26H27N3O5S. The van der Waals surface area contributed by atoms with Crippen molar-refractivity contribution in [2.75, 3.05) is 18.0 Å². The van der Waals surface area contributed by atoms with Crippen LogP contribution >= 0.6 is 0 Å². The molecule has 0 radical (unpaired) electrons. The lowest BCUT2D eigenvalue weighted by atomic mass is 10.1. The summed E-state index contributed by atoms with van der Waals surface area (Å²) in [5.74, 6) is -1.06. The number of benzene rings is 3. The van der Waals surface area contributed by atoms with Crippen molar-refractivity contribution in [2.45, 2.75) is 25.7 Å². The van der Waals surface area contributed by atoms with Gasteiger partial charge in [0.2, 0.25) is 0 Å². The molecule has 0 aliphatic heterocycles. The van der Waals surface area contributed by atoms with Crippen molar-refractivity contribution in [1.29, 1.82) is 0 Å². The summed E-state index contributed by atoms with van der Waals surface area (Å²) in [5, 5.41) is 3.93. The lowest BCUT2D eigenvalue weighted by Crippen LogP contribution is -2.40. The molecular weight excluding hydrogens is 466 g/mol. The van der Waals surface area contributed by atoms with Crippen LogP contribution in [0.4, 0.5) is 5.69 Å². The van der Waals surface area contributed by atoms with Gasteiger partial charge in [0.1, 0.15) is 6.54 Å². The fourth-order valence-electron chi connectivity index (χ4n) is 3.31. The van der Waals surface area contributed by atoms with Crippen molar-refractivity contribution >= 4 is 33.8 Å². The molecule has 9 heteroatoms. The van der Waals surface area contributed by atoms with E-state index in [1.165, 1.54) is 25.5 Å². The molecule has 8 nitrogen and oxygen atoms in total. The Bertz CT molecular complexity index is 1350. The molecule has 0 aliphatic rings. The molecule has 0 fully saturated rings. The number of nitrogens with zero attached hydrogens (tertiary/aromatic N) is 2. The van der Waals surface area contributed by atoms with Gasteiger partial charge in [-0.1, -0.05) is 42.0 Å². The molecule has 3 rings (SSSR count). The van der Waals surface area contributed by atoms with E-state index < -0.39 is 28.4 Å². The van der Waals surface area contributed by atoms with Crippen LogP contribution in [0, 0.1) is 20.8 Å². The molecule has 0 atom stereocenters. The van der Waals surface area contributed by atoms with Gasteiger partial charge in [-0.25, -0.2) is 18.6 Å². The van der Waals surface area contributed by atoms with Crippen molar-refractivity contribution in [3.05, 3.63) is 94.5 Å². The molecule has 0 aromatic heterocycles. The molecule has 1 N–H and O–H groups in total. The van der Waals surface area contributed by atoms with E-state index in [4.69, 9.17) is 0 Å². The average molecular weight is 494 g/mol. The first-order valence-corrected chi connectivity index (χ1v) is 12.2. The van der Waals surface area contributed by atoms with Crippen LogP contribution in [0.5, 0.6) is 0 Å². The number of hydrogen-bond donors (Lipinski definition) is 1. The van der Waals surface area contributed by atoms with E-state index in [0.29, 0.717) is 16.8 Å². The molecule has 0 aliphatic carbocycles. The second-order valence-corrected chi connectivity index (χ2v) is 9.81. The minimum atomic E-state index is -4.02. The van der Waals surface area contributed by atoms with Crippen molar-refractivity contribution in [1.82, 2.24) is 5.43 Å². The molecule has 3 aromatic rings. The van der Waals surface area contributed by atoms with Crippen LogP contribution in [-0.2, 0) is 19.6 Å². The highest BCUT2D eigenvalue weighted by Crippen LogP contribution is 2.28. The molecule has 0 saturated carbocycles. The Morgan fingerprint density at radius 3 is 2.26 bits per heavy atom. The summed E-state index contributed by atoms with van der Waals surface area (Å²) in [6.07, 6.45) is 1.40. The predicted molar refractivity (Wildman–Crippen MR) is 135 cm³/mol. The van der Waals surface area contributed by atoms with Gasteiger partial charge in [-0.3, -0.25) is 9.10 Å². The molecule has 1 amide bonds. The molecule has 35 heavy (non-hydrogen) atoms. The maximum absolute atomic E-state index is 13.5. The molecule has 0 spiro atoms. The number of methoxy groups -OCH3 is 1. The van der Waals surface area contributed by atoms with Crippen LogP contribution in [0.1, 0.15) is 32.6 Å². The molecule has 0 heterocycles. The molecule has 0 bridgehead atoms. The first-order valence-electron chi connectivity index (χ1n) is 10.8. The maximum atomic E-state index is 13.5. The Labute approximate surface area is 205 Å². The van der Waals surface area contributed by atoms with Gasteiger partial charge in [0.15, 0.2) is 0 Å². The summed E-state index contributed by atoms with van der Waals surface area (Å²) in [6, 6.07) is 18.2. The Morgan fingerprint density at radius 2 is 1.63 bits per heavy atom. The van der Waals surface area contributed by atoms with Crippen molar-refractivity contribution < 1.29 is 22.7 Å². The number of anilines is 1. The number of aryl methyl sites for hydroxylation is 2. The van der Waals surface area contributed by atoms with Gasteiger partial charge >= 0.3 is 5.97 Å². The van der Waals surface area contributed by atoms with E-state index in [1.54, 1.807) is 48.5 Å². The average Bonchev–Trinajstić information content (AvgIpc) is 2.84. The van der Waals surface area contributed by atoms with Gasteiger partial charge < -0.3 is 4.74 Å². The molecule has 0 unspecified atom stereocenters. The monoisotopic (exact) mass is 493 g/mol. The largest absolute Gasteiger partial charge is 0.465 e. The fraction of sp³-hybridized carbons (Fsp3) is 0.192. The zero-order valence-electron chi connectivity index (χ0n) is 20.0. The Morgan fingerprint density at radius 1 is 0.971 bits per heavy atom. The smallest absolute Gasteiger partial charge is 0.337 e. The maximum Gasteiger partial charge on any atom is 0.337 e. The number of sulfonamides is 1. The van der Waals surface area contributed by atoms with Crippen LogP contribution in [-0.4, -0.2) is 40.2 Å². The fourth-order valence-corrected chi connectivity index (χ4v) is 4.79. The highest BCUT2D eigenvalue weighted by molar-refractivity contribution is 7.92. The van der Waals surface area contributed by atoms with E-state index in [-0.39, 0.29) is 4.90 Å². The normalized spacial score (nSPS) is 11.3. The van der Waals surface area contributed by atoms with Gasteiger partial charge in [-0.05, 0) is 67.8 Å². The first-order chi connectivity index (χ1) is 16.6. The van der Waals surface area contributed by atoms with Crippen LogP contribution in [0.25, 0.3) is 0 Å². The first kappa shape index (κ1) is 25.6. The van der Waals surface area contributed by atoms with Crippen LogP contribution in [0.2, 0.25) is 0 Å².